The Morgan fingerprint density at radius 3 is 2.56 bits per heavy atom. The molecule has 1 fully saturated rings. The molecule has 1 saturated carbocycles. The van der Waals surface area contributed by atoms with Crippen LogP contribution in [0.2, 0.25) is 0 Å². The van der Waals surface area contributed by atoms with E-state index in [2.05, 4.69) is 26.1 Å². The number of nitrogens with one attached hydrogen (secondary N) is 1. The molecule has 0 bridgehead atoms. The standard InChI is InChI=1S/C15H32N2O/c1-12(2)14-6-5-8-15(11-16,9-7-14)17-10-13(3)18-4/h12-14,17H,5-11,16H2,1-4H3. The largest absolute Gasteiger partial charge is 0.380 e. The van der Waals surface area contributed by atoms with E-state index in [9.17, 15) is 0 Å². The van der Waals surface area contributed by atoms with Gasteiger partial charge in [-0.3, -0.25) is 0 Å². The summed E-state index contributed by atoms with van der Waals surface area (Å²) in [5.41, 5.74) is 6.20. The number of ether oxygens (including phenoxy) is 1. The molecule has 3 heteroatoms. The first-order chi connectivity index (χ1) is 8.53. The Labute approximate surface area is 113 Å². The quantitative estimate of drug-likeness (QED) is 0.718. The summed E-state index contributed by atoms with van der Waals surface area (Å²) in [5.74, 6) is 1.68. The number of rotatable bonds is 6. The Balaban J connectivity index is 2.53. The molecule has 3 unspecified atom stereocenters. The summed E-state index contributed by atoms with van der Waals surface area (Å²) in [5, 5.41) is 3.68. The van der Waals surface area contributed by atoms with Gasteiger partial charge in [0.2, 0.25) is 0 Å². The third kappa shape index (κ3) is 4.52. The van der Waals surface area contributed by atoms with Crippen LogP contribution >= 0.6 is 0 Å². The van der Waals surface area contributed by atoms with Gasteiger partial charge in [-0.2, -0.15) is 0 Å². The maximum absolute atomic E-state index is 6.05. The minimum absolute atomic E-state index is 0.149. The lowest BCUT2D eigenvalue weighted by Gasteiger charge is -2.34. The van der Waals surface area contributed by atoms with Crippen LogP contribution in [0.1, 0.15) is 52.9 Å². The molecule has 3 nitrogen and oxygen atoms in total. The van der Waals surface area contributed by atoms with Crippen molar-refractivity contribution in [3.8, 4) is 0 Å². The van der Waals surface area contributed by atoms with Gasteiger partial charge in [0, 0.05) is 25.7 Å². The van der Waals surface area contributed by atoms with Crippen molar-refractivity contribution in [1.29, 1.82) is 0 Å². The van der Waals surface area contributed by atoms with Gasteiger partial charge in [-0.1, -0.05) is 26.7 Å². The molecule has 0 radical (unpaired) electrons. The predicted octanol–water partition coefficient (Wildman–Crippen LogP) is 2.54. The average Bonchev–Trinajstić information content (AvgIpc) is 2.59. The Morgan fingerprint density at radius 2 is 2.00 bits per heavy atom. The molecule has 3 N–H and O–H groups in total. The second-order valence-corrected chi connectivity index (χ2v) is 6.35. The van der Waals surface area contributed by atoms with Crippen LogP contribution in [0.5, 0.6) is 0 Å². The van der Waals surface area contributed by atoms with Gasteiger partial charge in [0.05, 0.1) is 6.10 Å². The third-order valence-corrected chi connectivity index (χ3v) is 4.72. The molecule has 0 aromatic rings. The normalized spacial score (nSPS) is 31.3. The van der Waals surface area contributed by atoms with E-state index < -0.39 is 0 Å². The molecule has 3 atom stereocenters. The van der Waals surface area contributed by atoms with Crippen LogP contribution < -0.4 is 11.1 Å². The summed E-state index contributed by atoms with van der Waals surface area (Å²) in [6, 6.07) is 0. The molecular weight excluding hydrogens is 224 g/mol. The molecule has 0 heterocycles. The summed E-state index contributed by atoms with van der Waals surface area (Å²) >= 11 is 0. The smallest absolute Gasteiger partial charge is 0.0667 e. The van der Waals surface area contributed by atoms with Gasteiger partial charge in [-0.05, 0) is 38.0 Å². The third-order valence-electron chi connectivity index (χ3n) is 4.72. The summed E-state index contributed by atoms with van der Waals surface area (Å²) in [6.45, 7) is 8.44. The minimum atomic E-state index is 0.149. The zero-order valence-corrected chi connectivity index (χ0v) is 12.7. The van der Waals surface area contributed by atoms with Gasteiger partial charge < -0.3 is 15.8 Å². The van der Waals surface area contributed by atoms with Crippen molar-refractivity contribution in [1.82, 2.24) is 5.32 Å². The van der Waals surface area contributed by atoms with Gasteiger partial charge in [0.25, 0.3) is 0 Å². The zero-order chi connectivity index (χ0) is 13.6. The molecule has 0 amide bonds. The van der Waals surface area contributed by atoms with Crippen molar-refractivity contribution in [3.63, 3.8) is 0 Å². The van der Waals surface area contributed by atoms with Crippen molar-refractivity contribution in [3.05, 3.63) is 0 Å². The number of methoxy groups -OCH3 is 1. The van der Waals surface area contributed by atoms with Crippen molar-refractivity contribution in [2.75, 3.05) is 20.2 Å². The Bertz CT molecular complexity index is 233. The lowest BCUT2D eigenvalue weighted by Crippen LogP contribution is -2.53. The SMILES string of the molecule is COC(C)CNC1(CN)CCCC(C(C)C)CC1. The van der Waals surface area contributed by atoms with E-state index >= 15 is 0 Å². The lowest BCUT2D eigenvalue weighted by atomic mass is 9.86. The van der Waals surface area contributed by atoms with E-state index in [0.717, 1.165) is 24.9 Å². The summed E-state index contributed by atoms with van der Waals surface area (Å²) in [4.78, 5) is 0. The summed E-state index contributed by atoms with van der Waals surface area (Å²) < 4.78 is 5.32. The highest BCUT2D eigenvalue weighted by atomic mass is 16.5. The van der Waals surface area contributed by atoms with Crippen molar-refractivity contribution >= 4 is 0 Å². The highest BCUT2D eigenvalue weighted by molar-refractivity contribution is 4.92. The van der Waals surface area contributed by atoms with E-state index in [0.29, 0.717) is 0 Å². The molecule has 1 rings (SSSR count). The van der Waals surface area contributed by atoms with Gasteiger partial charge in [-0.15, -0.1) is 0 Å². The van der Waals surface area contributed by atoms with Gasteiger partial charge >= 0.3 is 0 Å². The van der Waals surface area contributed by atoms with Crippen LogP contribution in [0, 0.1) is 11.8 Å². The highest BCUT2D eigenvalue weighted by Crippen LogP contribution is 2.33. The van der Waals surface area contributed by atoms with Gasteiger partial charge in [0.1, 0.15) is 0 Å². The molecule has 0 aromatic heterocycles. The summed E-state index contributed by atoms with van der Waals surface area (Å²) in [7, 11) is 1.77. The fourth-order valence-corrected chi connectivity index (χ4v) is 3.00. The van der Waals surface area contributed by atoms with Crippen molar-refractivity contribution in [2.45, 2.75) is 64.5 Å². The molecule has 1 aliphatic carbocycles. The van der Waals surface area contributed by atoms with E-state index in [1.807, 2.05) is 0 Å². The molecule has 1 aliphatic rings. The maximum Gasteiger partial charge on any atom is 0.0667 e. The maximum atomic E-state index is 6.05. The van der Waals surface area contributed by atoms with Crippen molar-refractivity contribution < 1.29 is 4.74 Å². The Kier molecular flexibility index (Phi) is 6.61. The van der Waals surface area contributed by atoms with E-state index in [1.165, 1.54) is 32.1 Å². The second kappa shape index (κ2) is 7.46. The predicted molar refractivity (Wildman–Crippen MR) is 77.7 cm³/mol. The molecule has 0 aromatic carbocycles. The highest BCUT2D eigenvalue weighted by Gasteiger charge is 2.32. The molecule has 0 saturated heterocycles. The first kappa shape index (κ1) is 15.9. The van der Waals surface area contributed by atoms with Gasteiger partial charge in [-0.25, -0.2) is 0 Å². The monoisotopic (exact) mass is 256 g/mol. The van der Waals surface area contributed by atoms with Crippen LogP contribution in [0.25, 0.3) is 0 Å². The van der Waals surface area contributed by atoms with E-state index in [-0.39, 0.29) is 11.6 Å². The van der Waals surface area contributed by atoms with Crippen LogP contribution in [-0.4, -0.2) is 31.8 Å². The minimum Gasteiger partial charge on any atom is -0.380 e. The number of nitrogens with two attached hydrogens (primary N) is 1. The number of hydrogen-bond donors (Lipinski definition) is 2. The molecule has 18 heavy (non-hydrogen) atoms. The first-order valence-corrected chi connectivity index (χ1v) is 7.51. The average molecular weight is 256 g/mol. The van der Waals surface area contributed by atoms with E-state index in [1.54, 1.807) is 7.11 Å². The molecular formula is C15H32N2O. The topological polar surface area (TPSA) is 47.3 Å². The fraction of sp³-hybridized carbons (Fsp3) is 1.00. The van der Waals surface area contributed by atoms with Crippen LogP contribution in [0.15, 0.2) is 0 Å². The lowest BCUT2D eigenvalue weighted by molar-refractivity contribution is 0.104. The Morgan fingerprint density at radius 1 is 1.28 bits per heavy atom. The first-order valence-electron chi connectivity index (χ1n) is 7.51. The molecule has 0 spiro atoms. The Hall–Kier alpha value is -0.120. The zero-order valence-electron chi connectivity index (χ0n) is 12.7. The van der Waals surface area contributed by atoms with Gasteiger partial charge in [0.15, 0.2) is 0 Å². The molecule has 108 valence electrons. The summed E-state index contributed by atoms with van der Waals surface area (Å²) in [6.07, 6.45) is 6.65. The van der Waals surface area contributed by atoms with E-state index in [4.69, 9.17) is 10.5 Å². The van der Waals surface area contributed by atoms with Crippen LogP contribution in [-0.2, 0) is 4.74 Å². The van der Waals surface area contributed by atoms with Crippen LogP contribution in [0.4, 0.5) is 0 Å². The van der Waals surface area contributed by atoms with Crippen LogP contribution in [0.3, 0.4) is 0 Å². The number of hydrogen-bond acceptors (Lipinski definition) is 3. The fourth-order valence-electron chi connectivity index (χ4n) is 3.00. The van der Waals surface area contributed by atoms with Crippen molar-refractivity contribution in [2.24, 2.45) is 17.6 Å². The second-order valence-electron chi connectivity index (χ2n) is 6.35. The molecule has 0 aliphatic heterocycles.